The van der Waals surface area contributed by atoms with Gasteiger partial charge in [-0.1, -0.05) is 97.1 Å². The lowest BCUT2D eigenvalue weighted by molar-refractivity contribution is -0.121. The van der Waals surface area contributed by atoms with E-state index in [9.17, 15) is 20.0 Å². The van der Waals surface area contributed by atoms with Crippen molar-refractivity contribution in [1.29, 1.82) is 5.26 Å². The maximum atomic E-state index is 15.3. The molecule has 2 heterocycles. The summed E-state index contributed by atoms with van der Waals surface area (Å²) >= 11 is 0. The van der Waals surface area contributed by atoms with Crippen molar-refractivity contribution in [2.75, 3.05) is 18.4 Å². The standard InChI is InChI=1S/C40H32FN5O3/c41-35-20-18-27(25-42)23-33(35)28-19-21-36-34(24-28)37(43-38(47)29-11-10-22-45(26-29)39(48)49)44-46(36)40(30-12-4-1-5-13-30,31-14-6-2-7-15-31)32-16-8-3-9-17-32/h1-9,12-21,23-24,29H,10-11,22,26H2,(H,48,49)(H,43,44,47)/t29-/m1/s1. The summed E-state index contributed by atoms with van der Waals surface area (Å²) in [6.07, 6.45) is 0.0437. The number of carbonyl (C=O) groups is 2. The smallest absolute Gasteiger partial charge is 0.407 e. The number of aromatic nitrogens is 2. The normalized spacial score (nSPS) is 14.7. The van der Waals surface area contributed by atoms with Gasteiger partial charge in [0.05, 0.1) is 23.1 Å². The van der Waals surface area contributed by atoms with Gasteiger partial charge in [-0.3, -0.25) is 4.79 Å². The van der Waals surface area contributed by atoms with Crippen LogP contribution in [0.25, 0.3) is 22.0 Å². The topological polar surface area (TPSA) is 111 Å². The summed E-state index contributed by atoms with van der Waals surface area (Å²) in [5.74, 6) is -1.14. The number of carbonyl (C=O) groups excluding carboxylic acids is 1. The average molecular weight is 650 g/mol. The Morgan fingerprint density at radius 2 is 1.47 bits per heavy atom. The molecule has 9 heteroatoms. The molecule has 6 aromatic rings. The van der Waals surface area contributed by atoms with E-state index in [2.05, 4.69) is 11.4 Å². The Morgan fingerprint density at radius 3 is 2.04 bits per heavy atom. The number of piperidine rings is 1. The quantitative estimate of drug-likeness (QED) is 0.171. The summed E-state index contributed by atoms with van der Waals surface area (Å²) in [6.45, 7) is 0.459. The fourth-order valence-corrected chi connectivity index (χ4v) is 6.94. The van der Waals surface area contributed by atoms with Gasteiger partial charge in [-0.15, -0.1) is 0 Å². The van der Waals surface area contributed by atoms with E-state index in [0.717, 1.165) is 16.7 Å². The second kappa shape index (κ2) is 13.1. The van der Waals surface area contributed by atoms with Crippen LogP contribution in [-0.4, -0.2) is 44.9 Å². The van der Waals surface area contributed by atoms with Crippen LogP contribution in [-0.2, 0) is 10.3 Å². The molecule has 1 saturated heterocycles. The molecule has 0 bridgehead atoms. The second-order valence-electron chi connectivity index (χ2n) is 12.2. The number of amides is 2. The Hall–Kier alpha value is -6.27. The lowest BCUT2D eigenvalue weighted by Gasteiger charge is -2.37. The van der Waals surface area contributed by atoms with Gasteiger partial charge < -0.3 is 15.3 Å². The molecular formula is C40H32FN5O3. The molecule has 8 nitrogen and oxygen atoms in total. The maximum Gasteiger partial charge on any atom is 0.407 e. The van der Waals surface area contributed by atoms with Crippen LogP contribution in [0.3, 0.4) is 0 Å². The van der Waals surface area contributed by atoms with Crippen LogP contribution in [0.1, 0.15) is 35.1 Å². The fourth-order valence-electron chi connectivity index (χ4n) is 6.94. The van der Waals surface area contributed by atoms with Crippen LogP contribution in [0.15, 0.2) is 127 Å². The number of nitrogens with zero attached hydrogens (tertiary/aromatic N) is 4. The molecule has 49 heavy (non-hydrogen) atoms. The SMILES string of the molecule is N#Cc1ccc(F)c(-c2ccc3c(c2)c(NC(=O)[C@@H]2CCCN(C(=O)O)C2)nn3C(c2ccccc2)(c2ccccc2)c2ccccc2)c1. The highest BCUT2D eigenvalue weighted by molar-refractivity contribution is 6.02. The zero-order valence-corrected chi connectivity index (χ0v) is 26.5. The molecule has 0 radical (unpaired) electrons. The van der Waals surface area contributed by atoms with E-state index in [0.29, 0.717) is 41.4 Å². The number of hydrogen-bond acceptors (Lipinski definition) is 4. The molecular weight excluding hydrogens is 617 g/mol. The van der Waals surface area contributed by atoms with Gasteiger partial charge in [0.25, 0.3) is 0 Å². The van der Waals surface area contributed by atoms with Crippen molar-refractivity contribution in [2.45, 2.75) is 18.4 Å². The zero-order chi connectivity index (χ0) is 34.0. The summed E-state index contributed by atoms with van der Waals surface area (Å²) < 4.78 is 17.2. The van der Waals surface area contributed by atoms with E-state index in [-0.39, 0.29) is 23.8 Å². The highest BCUT2D eigenvalue weighted by atomic mass is 19.1. The van der Waals surface area contributed by atoms with E-state index in [1.165, 1.54) is 23.1 Å². The molecule has 1 aliphatic heterocycles. The first-order valence-corrected chi connectivity index (χ1v) is 16.1. The van der Waals surface area contributed by atoms with Crippen molar-refractivity contribution in [1.82, 2.24) is 14.7 Å². The molecule has 0 spiro atoms. The first-order chi connectivity index (χ1) is 23.9. The molecule has 0 saturated carbocycles. The zero-order valence-electron chi connectivity index (χ0n) is 26.5. The Bertz CT molecular complexity index is 2100. The van der Waals surface area contributed by atoms with Crippen molar-refractivity contribution in [3.05, 3.63) is 155 Å². The van der Waals surface area contributed by atoms with Gasteiger partial charge in [-0.25, -0.2) is 13.9 Å². The van der Waals surface area contributed by atoms with E-state index >= 15 is 4.39 Å². The minimum absolute atomic E-state index is 0.0825. The van der Waals surface area contributed by atoms with Crippen LogP contribution < -0.4 is 5.32 Å². The van der Waals surface area contributed by atoms with Gasteiger partial charge >= 0.3 is 6.09 Å². The van der Waals surface area contributed by atoms with Crippen LogP contribution in [0.5, 0.6) is 0 Å². The molecule has 0 unspecified atom stereocenters. The Labute approximate surface area is 282 Å². The van der Waals surface area contributed by atoms with Gasteiger partial charge in [-0.05, 0) is 65.4 Å². The van der Waals surface area contributed by atoms with Crippen molar-refractivity contribution in [3.63, 3.8) is 0 Å². The number of fused-ring (bicyclic) bond motifs is 1. The lowest BCUT2D eigenvalue weighted by atomic mass is 9.77. The number of anilines is 1. The van der Waals surface area contributed by atoms with E-state index in [1.54, 1.807) is 12.1 Å². The summed E-state index contributed by atoms with van der Waals surface area (Å²) in [6, 6.07) is 41.7. The second-order valence-corrected chi connectivity index (χ2v) is 12.2. The predicted molar refractivity (Wildman–Crippen MR) is 185 cm³/mol. The highest BCUT2D eigenvalue weighted by Gasteiger charge is 2.41. The highest BCUT2D eigenvalue weighted by Crippen LogP contribution is 2.44. The third-order valence-corrected chi connectivity index (χ3v) is 9.28. The van der Waals surface area contributed by atoms with Crippen LogP contribution in [0.4, 0.5) is 15.0 Å². The summed E-state index contributed by atoms with van der Waals surface area (Å²) in [5.41, 5.74) is 3.51. The van der Waals surface area contributed by atoms with Crippen molar-refractivity contribution in [2.24, 2.45) is 5.92 Å². The number of nitriles is 1. The predicted octanol–water partition coefficient (Wildman–Crippen LogP) is 7.88. The summed E-state index contributed by atoms with van der Waals surface area (Å²) in [5, 5.41) is 27.9. The number of rotatable bonds is 7. The third-order valence-electron chi connectivity index (χ3n) is 9.28. The van der Waals surface area contributed by atoms with Crippen LogP contribution in [0.2, 0.25) is 0 Å². The molecule has 0 aliphatic carbocycles. The first-order valence-electron chi connectivity index (χ1n) is 16.1. The third kappa shape index (κ3) is 5.68. The molecule has 2 amide bonds. The number of likely N-dealkylation sites (tertiary alicyclic amines) is 1. The van der Waals surface area contributed by atoms with Crippen molar-refractivity contribution < 1.29 is 19.1 Å². The molecule has 242 valence electrons. The van der Waals surface area contributed by atoms with E-state index < -0.39 is 23.4 Å². The number of hydrogen-bond donors (Lipinski definition) is 2. The van der Waals surface area contributed by atoms with E-state index in [4.69, 9.17) is 5.10 Å². The van der Waals surface area contributed by atoms with Crippen LogP contribution >= 0.6 is 0 Å². The van der Waals surface area contributed by atoms with Crippen LogP contribution in [0, 0.1) is 23.1 Å². The molecule has 2 N–H and O–H groups in total. The van der Waals surface area contributed by atoms with Gasteiger partial charge in [-0.2, -0.15) is 10.4 Å². The molecule has 1 fully saturated rings. The van der Waals surface area contributed by atoms with Crippen molar-refractivity contribution in [3.8, 4) is 17.2 Å². The van der Waals surface area contributed by atoms with Gasteiger partial charge in [0.2, 0.25) is 5.91 Å². The van der Waals surface area contributed by atoms with Gasteiger partial charge in [0.15, 0.2) is 5.82 Å². The number of halogens is 1. The minimum atomic E-state index is -1.06. The Morgan fingerprint density at radius 1 is 0.857 bits per heavy atom. The summed E-state index contributed by atoms with van der Waals surface area (Å²) in [4.78, 5) is 26.9. The largest absolute Gasteiger partial charge is 0.465 e. The molecule has 7 rings (SSSR count). The fraction of sp³-hybridized carbons (Fsp3) is 0.150. The van der Waals surface area contributed by atoms with Crippen molar-refractivity contribution >= 4 is 28.7 Å². The molecule has 1 aliphatic rings. The average Bonchev–Trinajstić information content (AvgIpc) is 3.50. The number of benzene rings is 5. The lowest BCUT2D eigenvalue weighted by Crippen LogP contribution is -2.43. The van der Waals surface area contributed by atoms with E-state index in [1.807, 2.05) is 102 Å². The number of carboxylic acid groups (broad SMARTS) is 1. The van der Waals surface area contributed by atoms with Gasteiger partial charge in [0, 0.05) is 24.0 Å². The van der Waals surface area contributed by atoms with Gasteiger partial charge in [0.1, 0.15) is 11.4 Å². The molecule has 1 atom stereocenters. The molecule has 1 aromatic heterocycles. The first kappa shape index (κ1) is 31.3. The maximum absolute atomic E-state index is 15.3. The Kier molecular flexibility index (Phi) is 8.37. The number of nitrogens with one attached hydrogen (secondary N) is 1. The Balaban J connectivity index is 1.49. The summed E-state index contributed by atoms with van der Waals surface area (Å²) in [7, 11) is 0. The molecule has 5 aromatic carbocycles. The monoisotopic (exact) mass is 649 g/mol. The minimum Gasteiger partial charge on any atom is -0.465 e.